The third-order valence-electron chi connectivity index (χ3n) is 7.11. The smallest absolute Gasteiger partial charge is 0.00891 e. The van der Waals surface area contributed by atoms with Gasteiger partial charge in [0.15, 0.2) is 0 Å². The Morgan fingerprint density at radius 3 is 1.24 bits per heavy atom. The third-order valence-corrected chi connectivity index (χ3v) is 7.11. The van der Waals surface area contributed by atoms with Crippen molar-refractivity contribution in [3.63, 3.8) is 0 Å². The molecule has 0 aliphatic carbocycles. The van der Waals surface area contributed by atoms with Gasteiger partial charge in [-0.15, -0.1) is 0 Å². The van der Waals surface area contributed by atoms with Crippen molar-refractivity contribution >= 4 is 0 Å². The molecule has 0 radical (unpaired) electrons. The molecule has 0 saturated heterocycles. The zero-order chi connectivity index (χ0) is 24.2. The van der Waals surface area contributed by atoms with Gasteiger partial charge in [-0.1, -0.05) is 141 Å². The lowest BCUT2D eigenvalue weighted by molar-refractivity contribution is 0.251. The molecule has 0 N–H and O–H groups in total. The Kier molecular flexibility index (Phi) is 27.2. The average Bonchev–Trinajstić information content (AvgIpc) is 2.81. The first-order valence-electron chi connectivity index (χ1n) is 15.2. The number of nitrogens with zero attached hydrogens (tertiary/aromatic N) is 1. The van der Waals surface area contributed by atoms with Gasteiger partial charge in [-0.25, -0.2) is 0 Å². The topological polar surface area (TPSA) is 3.24 Å². The maximum atomic E-state index is 2.48. The van der Waals surface area contributed by atoms with Gasteiger partial charge >= 0.3 is 0 Å². The average molecular weight is 462 g/mol. The fraction of sp³-hybridized carbons (Fsp3) is 0.875. The molecule has 0 amide bonds. The van der Waals surface area contributed by atoms with Crippen molar-refractivity contribution in [2.24, 2.45) is 0 Å². The lowest BCUT2D eigenvalue weighted by atomic mass is 9.99. The van der Waals surface area contributed by atoms with Crippen LogP contribution in [-0.4, -0.2) is 25.0 Å². The minimum atomic E-state index is 0.809. The molecule has 0 spiro atoms. The Balaban J connectivity index is 3.45. The van der Waals surface area contributed by atoms with E-state index in [0.29, 0.717) is 0 Å². The van der Waals surface area contributed by atoms with E-state index in [4.69, 9.17) is 0 Å². The molecule has 0 saturated carbocycles. The van der Waals surface area contributed by atoms with Gasteiger partial charge in [0.25, 0.3) is 0 Å². The van der Waals surface area contributed by atoms with Gasteiger partial charge in [-0.3, -0.25) is 0 Å². The minimum Gasteiger partial charge on any atom is -0.306 e. The van der Waals surface area contributed by atoms with Crippen LogP contribution in [0.1, 0.15) is 162 Å². The molecule has 0 aliphatic heterocycles. The lowest BCUT2D eigenvalue weighted by Crippen LogP contribution is -2.27. The molecule has 196 valence electrons. The van der Waals surface area contributed by atoms with Crippen LogP contribution in [0.4, 0.5) is 0 Å². The quantitative estimate of drug-likeness (QED) is 0.0914. The number of unbranched alkanes of at least 4 members (excludes halogenated alkanes) is 17. The third kappa shape index (κ3) is 25.9. The highest BCUT2D eigenvalue weighted by Crippen LogP contribution is 2.17. The van der Waals surface area contributed by atoms with E-state index < -0.39 is 0 Å². The fourth-order valence-electron chi connectivity index (χ4n) is 4.72. The molecule has 0 fully saturated rings. The Bertz CT molecular complexity index is 409. The predicted octanol–water partition coefficient (Wildman–Crippen LogP) is 11.0. The summed E-state index contributed by atoms with van der Waals surface area (Å²) in [5.74, 6) is 0. The molecule has 1 unspecified atom stereocenters. The summed E-state index contributed by atoms with van der Waals surface area (Å²) in [6.07, 6.45) is 41.4. The molecule has 0 aromatic heterocycles. The first kappa shape index (κ1) is 32.4. The molecule has 0 bridgehead atoms. The highest BCUT2D eigenvalue weighted by Gasteiger charge is 2.10. The van der Waals surface area contributed by atoms with Crippen LogP contribution in [0.2, 0.25) is 0 Å². The second kappa shape index (κ2) is 27.7. The summed E-state index contributed by atoms with van der Waals surface area (Å²) in [7, 11) is 4.57. The number of hydrogen-bond acceptors (Lipinski definition) is 1. The van der Waals surface area contributed by atoms with Gasteiger partial charge in [0.05, 0.1) is 0 Å². The monoisotopic (exact) mass is 461 g/mol. The normalized spacial score (nSPS) is 13.1. The molecule has 0 aromatic rings. The molecule has 0 rings (SSSR count). The summed E-state index contributed by atoms with van der Waals surface area (Å²) < 4.78 is 0. The second-order valence-corrected chi connectivity index (χ2v) is 10.6. The lowest BCUT2D eigenvalue weighted by Gasteiger charge is -2.24. The number of hydrogen-bond donors (Lipinski definition) is 0. The van der Waals surface area contributed by atoms with Gasteiger partial charge in [-0.05, 0) is 59.0 Å². The number of rotatable bonds is 26. The first-order valence-corrected chi connectivity index (χ1v) is 15.2. The Morgan fingerprint density at radius 1 is 0.455 bits per heavy atom. The number of allylic oxidation sites excluding steroid dienone is 4. The van der Waals surface area contributed by atoms with Crippen LogP contribution in [-0.2, 0) is 0 Å². The van der Waals surface area contributed by atoms with Crippen molar-refractivity contribution in [1.82, 2.24) is 4.90 Å². The largest absolute Gasteiger partial charge is 0.306 e. The second-order valence-electron chi connectivity index (χ2n) is 10.6. The van der Waals surface area contributed by atoms with E-state index in [1.807, 2.05) is 0 Å². The van der Waals surface area contributed by atoms with Gasteiger partial charge in [0.2, 0.25) is 0 Å². The van der Waals surface area contributed by atoms with E-state index in [1.165, 1.54) is 141 Å². The van der Waals surface area contributed by atoms with Crippen molar-refractivity contribution in [1.29, 1.82) is 0 Å². The first-order chi connectivity index (χ1) is 16.2. The molecule has 0 heterocycles. The SMILES string of the molecule is CCCCCCC=CCC=CCCCCCCCCCC(CCCCCCCCC)N(C)C. The van der Waals surface area contributed by atoms with Crippen LogP contribution in [0.3, 0.4) is 0 Å². The molecular formula is C32H63N. The summed E-state index contributed by atoms with van der Waals surface area (Å²) in [4.78, 5) is 2.48. The maximum absolute atomic E-state index is 2.48. The zero-order valence-electron chi connectivity index (χ0n) is 23.6. The van der Waals surface area contributed by atoms with E-state index in [1.54, 1.807) is 0 Å². The Hall–Kier alpha value is -0.560. The van der Waals surface area contributed by atoms with Crippen LogP contribution in [0.25, 0.3) is 0 Å². The highest BCUT2D eigenvalue weighted by atomic mass is 15.1. The molecule has 1 nitrogen and oxygen atoms in total. The highest BCUT2D eigenvalue weighted by molar-refractivity contribution is 4.92. The van der Waals surface area contributed by atoms with Gasteiger partial charge < -0.3 is 4.90 Å². The van der Waals surface area contributed by atoms with E-state index in [2.05, 4.69) is 57.1 Å². The van der Waals surface area contributed by atoms with Crippen LogP contribution < -0.4 is 0 Å². The standard InChI is InChI=1S/C32H63N/c1-5-7-9-11-13-14-15-16-17-18-19-20-21-22-23-25-27-29-31-32(33(3)4)30-28-26-24-12-10-8-6-2/h14-15,17-18,32H,5-13,16,19-31H2,1-4H3. The Labute approximate surface area is 210 Å². The van der Waals surface area contributed by atoms with Crippen LogP contribution in [0.15, 0.2) is 24.3 Å². The summed E-state index contributed by atoms with van der Waals surface area (Å²) >= 11 is 0. The van der Waals surface area contributed by atoms with E-state index in [0.717, 1.165) is 12.5 Å². The molecule has 0 aliphatic rings. The van der Waals surface area contributed by atoms with E-state index >= 15 is 0 Å². The van der Waals surface area contributed by atoms with Gasteiger partial charge in [0, 0.05) is 6.04 Å². The maximum Gasteiger partial charge on any atom is 0.00891 e. The van der Waals surface area contributed by atoms with Crippen molar-refractivity contribution in [2.45, 2.75) is 168 Å². The Morgan fingerprint density at radius 2 is 0.818 bits per heavy atom. The van der Waals surface area contributed by atoms with Gasteiger partial charge in [0.1, 0.15) is 0 Å². The molecular weight excluding hydrogens is 398 g/mol. The van der Waals surface area contributed by atoms with Gasteiger partial charge in [-0.2, -0.15) is 0 Å². The zero-order valence-corrected chi connectivity index (χ0v) is 23.6. The van der Waals surface area contributed by atoms with Crippen molar-refractivity contribution in [2.75, 3.05) is 14.1 Å². The van der Waals surface area contributed by atoms with Crippen molar-refractivity contribution < 1.29 is 0 Å². The summed E-state index contributed by atoms with van der Waals surface area (Å²) in [5, 5.41) is 0. The molecule has 1 atom stereocenters. The minimum absolute atomic E-state index is 0.809. The molecule has 33 heavy (non-hydrogen) atoms. The summed E-state index contributed by atoms with van der Waals surface area (Å²) in [6, 6.07) is 0.809. The van der Waals surface area contributed by atoms with Crippen molar-refractivity contribution in [3.8, 4) is 0 Å². The summed E-state index contributed by atoms with van der Waals surface area (Å²) in [5.41, 5.74) is 0. The van der Waals surface area contributed by atoms with Crippen LogP contribution >= 0.6 is 0 Å². The molecule has 0 aromatic carbocycles. The van der Waals surface area contributed by atoms with Crippen LogP contribution in [0.5, 0.6) is 0 Å². The van der Waals surface area contributed by atoms with E-state index in [9.17, 15) is 0 Å². The summed E-state index contributed by atoms with van der Waals surface area (Å²) in [6.45, 7) is 4.58. The van der Waals surface area contributed by atoms with Crippen molar-refractivity contribution in [3.05, 3.63) is 24.3 Å². The van der Waals surface area contributed by atoms with E-state index in [-0.39, 0.29) is 0 Å². The predicted molar refractivity (Wildman–Crippen MR) is 153 cm³/mol. The fourth-order valence-corrected chi connectivity index (χ4v) is 4.72. The molecule has 1 heteroatoms. The van der Waals surface area contributed by atoms with Crippen LogP contribution in [0, 0.1) is 0 Å².